The molecule has 188 valence electrons. The van der Waals surface area contributed by atoms with Crippen LogP contribution in [0.5, 0.6) is 0 Å². The predicted molar refractivity (Wildman–Crippen MR) is 132 cm³/mol. The zero-order chi connectivity index (χ0) is 26.0. The van der Waals surface area contributed by atoms with E-state index in [-0.39, 0.29) is 28.1 Å². The molecular weight excluding hydrogens is 464 g/mol. The van der Waals surface area contributed by atoms with Crippen LogP contribution in [0, 0.1) is 0 Å². The van der Waals surface area contributed by atoms with Gasteiger partial charge in [0.25, 0.3) is 0 Å². The third kappa shape index (κ3) is 12.1. The summed E-state index contributed by atoms with van der Waals surface area (Å²) in [5, 5.41) is 5.77. The number of methoxy groups -OCH3 is 1. The average Bonchev–Trinajstić information content (AvgIpc) is 2.66. The van der Waals surface area contributed by atoms with Crippen molar-refractivity contribution in [2.75, 3.05) is 19.5 Å². The number of azide groups is 1. The maximum absolute atomic E-state index is 13.0. The van der Waals surface area contributed by atoms with Gasteiger partial charge in [-0.15, -0.1) is 0 Å². The van der Waals surface area contributed by atoms with Crippen LogP contribution in [0.2, 0.25) is 18.1 Å². The predicted octanol–water partition coefficient (Wildman–Crippen LogP) is 4.96. The molecular formula is C21H38N4O6SSi. The van der Waals surface area contributed by atoms with Gasteiger partial charge in [-0.1, -0.05) is 43.7 Å². The van der Waals surface area contributed by atoms with E-state index in [0.717, 1.165) is 11.8 Å². The number of nitrogens with zero attached hydrogens (tertiary/aromatic N) is 3. The Kier molecular flexibility index (Phi) is 12.2. The second-order valence-electron chi connectivity index (χ2n) is 10.0. The zero-order valence-corrected chi connectivity index (χ0v) is 23.2. The van der Waals surface area contributed by atoms with Crippen molar-refractivity contribution in [3.8, 4) is 0 Å². The summed E-state index contributed by atoms with van der Waals surface area (Å²) >= 11 is 0.877. The van der Waals surface area contributed by atoms with Gasteiger partial charge < -0.3 is 19.2 Å². The molecule has 0 aromatic heterocycles. The molecule has 0 rings (SSSR count). The van der Waals surface area contributed by atoms with E-state index in [2.05, 4.69) is 40.9 Å². The van der Waals surface area contributed by atoms with Crippen LogP contribution >= 0.6 is 11.8 Å². The van der Waals surface area contributed by atoms with E-state index in [1.165, 1.54) is 20.1 Å². The van der Waals surface area contributed by atoms with Crippen molar-refractivity contribution in [2.45, 2.75) is 84.3 Å². The molecule has 1 N–H and O–H groups in total. The summed E-state index contributed by atoms with van der Waals surface area (Å²) in [6.45, 7) is 17.0. The van der Waals surface area contributed by atoms with Crippen LogP contribution in [0.15, 0.2) is 16.8 Å². The lowest BCUT2D eigenvalue weighted by atomic mass is 10.2. The molecule has 0 aromatic rings. The van der Waals surface area contributed by atoms with E-state index in [1.54, 1.807) is 20.8 Å². The Morgan fingerprint density at radius 3 is 2.21 bits per heavy atom. The van der Waals surface area contributed by atoms with Gasteiger partial charge in [0.2, 0.25) is 5.12 Å². The molecule has 0 saturated heterocycles. The summed E-state index contributed by atoms with van der Waals surface area (Å²) in [4.78, 5) is 39.7. The van der Waals surface area contributed by atoms with Crippen LogP contribution in [0.3, 0.4) is 0 Å². The fourth-order valence-corrected chi connectivity index (χ4v) is 3.94. The molecule has 0 aliphatic heterocycles. The molecule has 0 aliphatic carbocycles. The lowest BCUT2D eigenvalue weighted by molar-refractivity contribution is -0.136. The molecule has 0 aliphatic rings. The Balaban J connectivity index is 5.50. The van der Waals surface area contributed by atoms with E-state index in [9.17, 15) is 14.4 Å². The second kappa shape index (κ2) is 13.0. The van der Waals surface area contributed by atoms with Crippen LogP contribution in [0.1, 0.15) is 48.5 Å². The number of amides is 1. The SMILES string of the molecule is COC(=O)/C(C)=C/[C@@H](CSC(=O)[C@@H](CO[Si](C)(C)C(C)(C)C)NC(=O)OC(C)(C)C)N=[N+]=[N-]. The number of carbonyl (C=O) groups is 3. The Morgan fingerprint density at radius 1 is 1.18 bits per heavy atom. The minimum atomic E-state index is -2.19. The van der Waals surface area contributed by atoms with Gasteiger partial charge in [0.05, 0.1) is 19.8 Å². The maximum Gasteiger partial charge on any atom is 0.408 e. The summed E-state index contributed by atoms with van der Waals surface area (Å²) in [6, 6.07) is -1.72. The first-order valence-electron chi connectivity index (χ1n) is 10.5. The first-order chi connectivity index (χ1) is 14.9. The molecule has 12 heteroatoms. The van der Waals surface area contributed by atoms with Gasteiger partial charge in [0.1, 0.15) is 11.6 Å². The van der Waals surface area contributed by atoms with Gasteiger partial charge in [0, 0.05) is 16.2 Å². The molecule has 1 amide bonds. The van der Waals surface area contributed by atoms with Gasteiger partial charge in [-0.25, -0.2) is 9.59 Å². The van der Waals surface area contributed by atoms with Crippen molar-refractivity contribution in [1.29, 1.82) is 0 Å². The van der Waals surface area contributed by atoms with Gasteiger partial charge in [-0.3, -0.25) is 4.79 Å². The Morgan fingerprint density at radius 2 is 1.76 bits per heavy atom. The third-order valence-corrected chi connectivity index (χ3v) is 10.5. The van der Waals surface area contributed by atoms with Crippen LogP contribution in [-0.4, -0.2) is 62.6 Å². The standard InChI is InChI=1S/C21H38N4O6SSi/c1-14(17(26)29-8)11-15(24-25-22)13-32-18(27)16(23-19(28)31-20(2,3)4)12-30-33(9,10)21(5,6)7/h11,15-16H,12-13H2,1-10H3,(H,23,28)/b14-11+/t15-,16+/m0/s1. The van der Waals surface area contributed by atoms with Crippen molar-refractivity contribution in [3.63, 3.8) is 0 Å². The Hall–Kier alpha value is -2.01. The molecule has 33 heavy (non-hydrogen) atoms. The highest BCUT2D eigenvalue weighted by Crippen LogP contribution is 2.36. The molecule has 0 saturated carbocycles. The quantitative estimate of drug-likeness (QED) is 0.111. The van der Waals surface area contributed by atoms with Crippen LogP contribution < -0.4 is 5.32 Å². The zero-order valence-electron chi connectivity index (χ0n) is 21.3. The maximum atomic E-state index is 13.0. The monoisotopic (exact) mass is 502 g/mol. The first-order valence-corrected chi connectivity index (χ1v) is 14.4. The molecule has 0 spiro atoms. The normalized spacial score (nSPS) is 14.5. The summed E-state index contributed by atoms with van der Waals surface area (Å²) in [5.41, 5.74) is 8.36. The highest BCUT2D eigenvalue weighted by Gasteiger charge is 2.38. The Bertz CT molecular complexity index is 783. The molecule has 10 nitrogen and oxygen atoms in total. The van der Waals surface area contributed by atoms with E-state index in [4.69, 9.17) is 14.7 Å². The van der Waals surface area contributed by atoms with Crippen molar-refractivity contribution < 1.29 is 28.3 Å². The molecule has 0 bridgehead atoms. The molecule has 0 aromatic carbocycles. The fraction of sp³-hybridized carbons (Fsp3) is 0.762. The number of alkyl carbamates (subject to hydrolysis) is 1. The largest absolute Gasteiger partial charge is 0.466 e. The van der Waals surface area contributed by atoms with Crippen LogP contribution in [-0.2, 0) is 23.5 Å². The lowest BCUT2D eigenvalue weighted by Gasteiger charge is -2.37. The minimum Gasteiger partial charge on any atom is -0.466 e. The first kappa shape index (κ1) is 31.0. The highest BCUT2D eigenvalue weighted by molar-refractivity contribution is 8.13. The Labute approximate surface area is 201 Å². The number of carbonyl (C=O) groups excluding carboxylic acids is 3. The summed E-state index contributed by atoms with van der Waals surface area (Å²) in [5.74, 6) is -0.485. The molecule has 0 unspecified atom stereocenters. The van der Waals surface area contributed by atoms with Crippen molar-refractivity contribution in [2.24, 2.45) is 5.11 Å². The lowest BCUT2D eigenvalue weighted by Crippen LogP contribution is -2.49. The minimum absolute atomic E-state index is 0.00915. The fourth-order valence-electron chi connectivity index (χ4n) is 2.09. The van der Waals surface area contributed by atoms with E-state index >= 15 is 0 Å². The van der Waals surface area contributed by atoms with Gasteiger partial charge in [-0.2, -0.15) is 0 Å². The summed E-state index contributed by atoms with van der Waals surface area (Å²) in [6.07, 6.45) is 0.710. The molecule has 0 fully saturated rings. The van der Waals surface area contributed by atoms with E-state index in [0.29, 0.717) is 0 Å². The molecule has 2 atom stereocenters. The second-order valence-corrected chi connectivity index (χ2v) is 15.8. The number of nitrogens with one attached hydrogen (secondary N) is 1. The van der Waals surface area contributed by atoms with Gasteiger partial charge in [-0.05, 0) is 51.4 Å². The van der Waals surface area contributed by atoms with E-state index < -0.39 is 38.1 Å². The molecule has 0 heterocycles. The van der Waals surface area contributed by atoms with Crippen LogP contribution in [0.25, 0.3) is 10.4 Å². The number of hydrogen-bond acceptors (Lipinski definition) is 8. The number of rotatable bonds is 10. The summed E-state index contributed by atoms with van der Waals surface area (Å²) in [7, 11) is -0.943. The smallest absolute Gasteiger partial charge is 0.408 e. The third-order valence-electron chi connectivity index (χ3n) is 4.94. The van der Waals surface area contributed by atoms with Crippen molar-refractivity contribution in [3.05, 3.63) is 22.1 Å². The summed E-state index contributed by atoms with van der Waals surface area (Å²) < 4.78 is 16.1. The average molecular weight is 503 g/mol. The number of ether oxygens (including phenoxy) is 2. The number of hydrogen-bond donors (Lipinski definition) is 1. The topological polar surface area (TPSA) is 140 Å². The van der Waals surface area contributed by atoms with Crippen molar-refractivity contribution >= 4 is 37.3 Å². The number of esters is 1. The molecule has 0 radical (unpaired) electrons. The van der Waals surface area contributed by atoms with Gasteiger partial charge >= 0.3 is 12.1 Å². The van der Waals surface area contributed by atoms with E-state index in [1.807, 2.05) is 13.1 Å². The highest BCUT2D eigenvalue weighted by atomic mass is 32.2. The number of thioether (sulfide) groups is 1. The van der Waals surface area contributed by atoms with Gasteiger partial charge in [0.15, 0.2) is 8.32 Å². The van der Waals surface area contributed by atoms with Crippen LogP contribution in [0.4, 0.5) is 4.79 Å². The van der Waals surface area contributed by atoms with Crippen molar-refractivity contribution in [1.82, 2.24) is 5.32 Å².